The first-order chi connectivity index (χ1) is 13.9. The summed E-state index contributed by atoms with van der Waals surface area (Å²) in [5, 5.41) is 10.4. The number of piperidine rings is 1. The Hall–Kier alpha value is -2.17. The number of rotatable bonds is 4. The van der Waals surface area contributed by atoms with E-state index in [9.17, 15) is 9.90 Å². The van der Waals surface area contributed by atoms with E-state index in [-0.39, 0.29) is 11.3 Å². The molecule has 0 saturated carbocycles. The summed E-state index contributed by atoms with van der Waals surface area (Å²) in [5.74, 6) is -0.206. The number of carbonyl (C=O) groups is 1. The summed E-state index contributed by atoms with van der Waals surface area (Å²) in [6, 6.07) is 0. The van der Waals surface area contributed by atoms with Gasteiger partial charge in [0.25, 0.3) is 0 Å². The van der Waals surface area contributed by atoms with Gasteiger partial charge in [-0.2, -0.15) is 0 Å². The zero-order valence-corrected chi connectivity index (χ0v) is 18.1. The number of carboxylic acids is 1. The number of hydrogen-bond donors (Lipinski definition) is 1. The minimum Gasteiger partial charge on any atom is -0.481 e. The van der Waals surface area contributed by atoms with Crippen LogP contribution < -0.4 is 4.90 Å². The molecule has 0 aromatic carbocycles. The lowest BCUT2D eigenvalue weighted by Crippen LogP contribution is -2.42. The molecular weight excluding hydrogens is 362 g/mol. The van der Waals surface area contributed by atoms with Crippen LogP contribution in [0.4, 0.5) is 5.95 Å². The number of carboxylic acid groups (broad SMARTS) is 1. The molecule has 2 heterocycles. The lowest BCUT2D eigenvalue weighted by molar-refractivity contribution is -0.142. The highest BCUT2D eigenvalue weighted by atomic mass is 16.4. The molecule has 29 heavy (non-hydrogen) atoms. The number of allylic oxidation sites excluding steroid dienone is 4. The first-order valence-electron chi connectivity index (χ1n) is 11.1. The second-order valence-electron chi connectivity index (χ2n) is 9.21. The molecule has 5 nitrogen and oxygen atoms in total. The fourth-order valence-corrected chi connectivity index (χ4v) is 5.79. The molecule has 1 N–H and O–H groups in total. The summed E-state index contributed by atoms with van der Waals surface area (Å²) in [6.07, 6.45) is 12.0. The average Bonchev–Trinajstić information content (AvgIpc) is 2.70. The van der Waals surface area contributed by atoms with Gasteiger partial charge in [0, 0.05) is 24.3 Å². The maximum absolute atomic E-state index is 12.6. The van der Waals surface area contributed by atoms with Crippen LogP contribution in [0.1, 0.15) is 75.7 Å². The predicted molar refractivity (Wildman–Crippen MR) is 116 cm³/mol. The van der Waals surface area contributed by atoms with E-state index in [4.69, 9.17) is 9.97 Å². The van der Waals surface area contributed by atoms with Gasteiger partial charge in [-0.3, -0.25) is 4.79 Å². The van der Waals surface area contributed by atoms with Crippen LogP contribution in [0, 0.1) is 24.2 Å². The number of aryl methyl sites for hydroxylation is 1. The second kappa shape index (κ2) is 7.58. The number of aliphatic carboxylic acids is 1. The first kappa shape index (κ1) is 20.1. The van der Waals surface area contributed by atoms with Gasteiger partial charge in [0.15, 0.2) is 0 Å². The second-order valence-corrected chi connectivity index (χ2v) is 9.21. The van der Waals surface area contributed by atoms with Gasteiger partial charge in [0.1, 0.15) is 0 Å². The Morgan fingerprint density at radius 3 is 2.55 bits per heavy atom. The number of aromatic nitrogens is 2. The van der Waals surface area contributed by atoms with E-state index in [0.717, 1.165) is 67.2 Å². The van der Waals surface area contributed by atoms with Crippen molar-refractivity contribution < 1.29 is 9.90 Å². The molecule has 0 amide bonds. The standard InChI is InChI=1S/C24H33N3O2/c1-5-18-20(22(28)29)19-16(4)25-23(27-13-7-6-8-14-27)26-21(19)17-9-11-24(18,12-10-17)15(2)3/h9-11,15,18,20H,5-8,12-14H2,1-4H3,(H,28,29). The molecule has 5 rings (SSSR count). The first-order valence-corrected chi connectivity index (χ1v) is 11.1. The number of hydrogen-bond acceptors (Lipinski definition) is 4. The summed E-state index contributed by atoms with van der Waals surface area (Å²) in [5.41, 5.74) is 3.39. The van der Waals surface area contributed by atoms with Crippen molar-refractivity contribution >= 4 is 17.5 Å². The lowest BCUT2D eigenvalue weighted by Gasteiger charge is -2.47. The molecule has 0 radical (unpaired) electrons. The molecular formula is C24H33N3O2. The van der Waals surface area contributed by atoms with Crippen LogP contribution in [0.15, 0.2) is 18.2 Å². The Morgan fingerprint density at radius 2 is 2.00 bits per heavy atom. The number of anilines is 1. The van der Waals surface area contributed by atoms with Crippen molar-refractivity contribution in [2.24, 2.45) is 17.3 Å². The summed E-state index contributed by atoms with van der Waals surface area (Å²) in [6.45, 7) is 10.5. The molecule has 1 fully saturated rings. The smallest absolute Gasteiger partial charge is 0.311 e. The SMILES string of the molecule is CCC1C(C(=O)O)c2c(C)nc(N3CCCCC3)nc2C2=CCC1(C(C)C)C=C2. The Morgan fingerprint density at radius 1 is 1.28 bits per heavy atom. The van der Waals surface area contributed by atoms with Crippen LogP contribution in [0.25, 0.3) is 5.57 Å². The van der Waals surface area contributed by atoms with Crippen molar-refractivity contribution in [1.82, 2.24) is 9.97 Å². The molecule has 2 bridgehead atoms. The third-order valence-electron chi connectivity index (χ3n) is 7.47. The van der Waals surface area contributed by atoms with Gasteiger partial charge >= 0.3 is 5.97 Å². The van der Waals surface area contributed by atoms with E-state index >= 15 is 0 Å². The van der Waals surface area contributed by atoms with E-state index in [1.165, 1.54) is 6.42 Å². The zero-order valence-electron chi connectivity index (χ0n) is 18.1. The van der Waals surface area contributed by atoms with Gasteiger partial charge in [-0.25, -0.2) is 9.97 Å². The van der Waals surface area contributed by atoms with Crippen LogP contribution in [0.3, 0.4) is 0 Å². The highest BCUT2D eigenvalue weighted by Gasteiger charge is 2.49. The van der Waals surface area contributed by atoms with Gasteiger partial charge in [-0.1, -0.05) is 45.4 Å². The topological polar surface area (TPSA) is 66.3 Å². The van der Waals surface area contributed by atoms with Crippen LogP contribution in [-0.2, 0) is 4.79 Å². The quantitative estimate of drug-likeness (QED) is 0.780. The van der Waals surface area contributed by atoms with Crippen molar-refractivity contribution in [2.75, 3.05) is 18.0 Å². The highest BCUT2D eigenvalue weighted by Crippen LogP contribution is 2.54. The van der Waals surface area contributed by atoms with E-state index in [1.54, 1.807) is 0 Å². The average molecular weight is 396 g/mol. The molecule has 1 aromatic heterocycles. The van der Waals surface area contributed by atoms with Crippen molar-refractivity contribution in [3.05, 3.63) is 35.2 Å². The Labute approximate surface area is 173 Å². The van der Waals surface area contributed by atoms with E-state index < -0.39 is 11.9 Å². The molecule has 5 heteroatoms. The van der Waals surface area contributed by atoms with Crippen molar-refractivity contribution in [3.63, 3.8) is 0 Å². The Bertz CT molecular complexity index is 867. The normalized spacial score (nSPS) is 28.7. The molecule has 156 valence electrons. The number of nitrogens with zero attached hydrogens (tertiary/aromatic N) is 3. The summed E-state index contributed by atoms with van der Waals surface area (Å²) >= 11 is 0. The van der Waals surface area contributed by atoms with Gasteiger partial charge < -0.3 is 10.0 Å². The fraction of sp³-hybridized carbons (Fsp3) is 0.625. The molecule has 3 unspecified atom stereocenters. The third-order valence-corrected chi connectivity index (χ3v) is 7.47. The van der Waals surface area contributed by atoms with Crippen molar-refractivity contribution in [2.45, 2.75) is 65.7 Å². The fourth-order valence-electron chi connectivity index (χ4n) is 5.79. The van der Waals surface area contributed by atoms with Gasteiger partial charge in [-0.05, 0) is 55.4 Å². The summed E-state index contributed by atoms with van der Waals surface area (Å²) in [4.78, 5) is 24.7. The van der Waals surface area contributed by atoms with Crippen LogP contribution in [0.5, 0.6) is 0 Å². The van der Waals surface area contributed by atoms with Crippen molar-refractivity contribution in [1.29, 1.82) is 0 Å². The highest BCUT2D eigenvalue weighted by molar-refractivity contribution is 5.84. The molecule has 1 aliphatic heterocycles. The van der Waals surface area contributed by atoms with Crippen LogP contribution in [0.2, 0.25) is 0 Å². The molecule has 3 aliphatic carbocycles. The number of fused-ring (bicyclic) bond motifs is 2. The molecule has 0 spiro atoms. The van der Waals surface area contributed by atoms with E-state index in [2.05, 4.69) is 43.9 Å². The Kier molecular flexibility index (Phi) is 5.26. The minimum absolute atomic E-state index is 0.0104. The van der Waals surface area contributed by atoms with E-state index in [1.807, 2.05) is 6.92 Å². The third kappa shape index (κ3) is 3.19. The van der Waals surface area contributed by atoms with Gasteiger partial charge in [0.2, 0.25) is 5.95 Å². The molecule has 1 aromatic rings. The Balaban J connectivity index is 1.92. The van der Waals surface area contributed by atoms with Crippen LogP contribution >= 0.6 is 0 Å². The maximum atomic E-state index is 12.6. The maximum Gasteiger partial charge on any atom is 0.311 e. The molecule has 3 atom stereocenters. The van der Waals surface area contributed by atoms with Gasteiger partial charge in [-0.15, -0.1) is 0 Å². The van der Waals surface area contributed by atoms with Crippen LogP contribution in [-0.4, -0.2) is 34.1 Å². The predicted octanol–water partition coefficient (Wildman–Crippen LogP) is 4.97. The summed E-state index contributed by atoms with van der Waals surface area (Å²) < 4.78 is 0. The molecule has 1 saturated heterocycles. The lowest BCUT2D eigenvalue weighted by atomic mass is 9.56. The largest absolute Gasteiger partial charge is 0.481 e. The minimum atomic E-state index is -0.753. The van der Waals surface area contributed by atoms with Gasteiger partial charge in [0.05, 0.1) is 11.6 Å². The zero-order chi connectivity index (χ0) is 20.8. The monoisotopic (exact) mass is 395 g/mol. The van der Waals surface area contributed by atoms with Crippen molar-refractivity contribution in [3.8, 4) is 0 Å². The summed E-state index contributed by atoms with van der Waals surface area (Å²) in [7, 11) is 0. The van der Waals surface area contributed by atoms with E-state index in [0.29, 0.717) is 5.92 Å². The molecule has 4 aliphatic rings.